The van der Waals surface area contributed by atoms with Crippen molar-refractivity contribution in [1.29, 1.82) is 0 Å². The van der Waals surface area contributed by atoms with Crippen LogP contribution in [-0.4, -0.2) is 20.3 Å². The number of hydrogen-bond donors (Lipinski definition) is 0. The van der Waals surface area contributed by atoms with Gasteiger partial charge in [-0.1, -0.05) is 33.9 Å². The summed E-state index contributed by atoms with van der Waals surface area (Å²) in [6.07, 6.45) is 2.13. The van der Waals surface area contributed by atoms with Gasteiger partial charge in [-0.05, 0) is 40.3 Å². The molecule has 0 radical (unpaired) electrons. The molecule has 0 bridgehead atoms. The number of halogens is 1. The minimum atomic E-state index is -1.64. The zero-order valence-electron chi connectivity index (χ0n) is 12.1. The van der Waals surface area contributed by atoms with E-state index < -0.39 is 8.24 Å². The van der Waals surface area contributed by atoms with E-state index in [2.05, 4.69) is 44.3 Å². The van der Waals surface area contributed by atoms with Gasteiger partial charge in [0.2, 0.25) is 0 Å². The summed E-state index contributed by atoms with van der Waals surface area (Å²) in [5, 5.41) is 1.31. The third-order valence-corrected chi connectivity index (χ3v) is 9.78. The molecule has 2 rings (SSSR count). The first-order chi connectivity index (χ1) is 8.16. The molecule has 0 spiro atoms. The largest absolute Gasteiger partial charge is 0.374 e. The van der Waals surface area contributed by atoms with E-state index in [0.717, 1.165) is 10.8 Å². The van der Waals surface area contributed by atoms with Crippen LogP contribution in [0, 0.1) is 5.82 Å². The van der Waals surface area contributed by atoms with Gasteiger partial charge in [-0.2, -0.15) is 0 Å². The molecule has 18 heavy (non-hydrogen) atoms. The molecule has 1 heterocycles. The molecule has 0 N–H and O–H groups in total. The van der Waals surface area contributed by atoms with E-state index in [-0.39, 0.29) is 10.9 Å². The average Bonchev–Trinajstić information content (AvgIpc) is 2.66. The Morgan fingerprint density at radius 2 is 1.78 bits per heavy atom. The maximum Gasteiger partial charge on any atom is 0.161 e. The van der Waals surface area contributed by atoms with Crippen LogP contribution in [0.3, 0.4) is 0 Å². The Bertz CT molecular complexity index is 596. The second-order valence-electron chi connectivity index (χ2n) is 6.60. The van der Waals surface area contributed by atoms with Gasteiger partial charge in [0.25, 0.3) is 0 Å². The molecule has 0 saturated carbocycles. The van der Waals surface area contributed by atoms with E-state index in [1.54, 1.807) is 6.07 Å². The van der Waals surface area contributed by atoms with E-state index in [1.165, 1.54) is 5.52 Å². The van der Waals surface area contributed by atoms with Crippen LogP contribution in [0.25, 0.3) is 10.9 Å². The van der Waals surface area contributed by atoms with Gasteiger partial charge in [-0.25, -0.2) is 4.39 Å². The van der Waals surface area contributed by atoms with Crippen molar-refractivity contribution in [3.63, 3.8) is 0 Å². The monoisotopic (exact) mass is 261 g/mol. The van der Waals surface area contributed by atoms with Gasteiger partial charge >= 0.3 is 0 Å². The van der Waals surface area contributed by atoms with E-state index in [9.17, 15) is 4.39 Å². The van der Waals surface area contributed by atoms with Crippen molar-refractivity contribution in [2.75, 3.05) is 0 Å². The zero-order chi connectivity index (χ0) is 13.7. The van der Waals surface area contributed by atoms with Crippen molar-refractivity contribution in [3.05, 3.63) is 30.2 Å². The van der Waals surface area contributed by atoms with Crippen LogP contribution in [0.1, 0.15) is 20.8 Å². The van der Waals surface area contributed by atoms with Crippen LogP contribution in [0.5, 0.6) is 0 Å². The van der Waals surface area contributed by atoms with Crippen LogP contribution in [0.2, 0.25) is 18.1 Å². The Kier molecular flexibility index (Phi) is 2.97. The lowest BCUT2D eigenvalue weighted by atomic mass is 9.92. The Balaban J connectivity index is 2.72. The first-order valence-electron chi connectivity index (χ1n) is 6.43. The normalized spacial score (nSPS) is 13.2. The minimum absolute atomic E-state index is 0.115. The number of nitrogens with zero attached hydrogens (tertiary/aromatic N) is 1. The average molecular weight is 261 g/mol. The lowest BCUT2D eigenvalue weighted by molar-refractivity contribution is 0.637. The molecule has 1 aromatic carbocycles. The fraction of sp³-hybridized carbons (Fsp3) is 0.429. The van der Waals surface area contributed by atoms with E-state index in [4.69, 9.17) is 0 Å². The Morgan fingerprint density at radius 3 is 2.33 bits per heavy atom. The third kappa shape index (κ3) is 1.83. The molecule has 2 aromatic rings. The summed E-state index contributed by atoms with van der Waals surface area (Å²) in [6.45, 7) is 11.6. The number of fused-ring (bicyclic) bond motifs is 1. The van der Waals surface area contributed by atoms with Gasteiger partial charge in [0.15, 0.2) is 8.24 Å². The predicted octanol–water partition coefficient (Wildman–Crippen LogP) is 2.89. The van der Waals surface area contributed by atoms with Gasteiger partial charge in [-0.3, -0.25) is 0 Å². The van der Waals surface area contributed by atoms with Crippen molar-refractivity contribution in [2.24, 2.45) is 0 Å². The first kappa shape index (κ1) is 13.4. The van der Waals surface area contributed by atoms with Crippen LogP contribution in [-0.2, 0) is 0 Å². The maximum atomic E-state index is 13.6. The van der Waals surface area contributed by atoms with Crippen molar-refractivity contribution in [3.8, 4) is 0 Å². The molecule has 96 valence electrons. The number of hydrogen-bond acceptors (Lipinski definition) is 0. The van der Waals surface area contributed by atoms with E-state index in [0.29, 0.717) is 0 Å². The van der Waals surface area contributed by atoms with Crippen LogP contribution < -0.4 is 5.46 Å². The highest BCUT2D eigenvalue weighted by Crippen LogP contribution is 2.38. The Hall–Kier alpha value is -1.03. The highest BCUT2D eigenvalue weighted by atomic mass is 28.3. The van der Waals surface area contributed by atoms with Crippen LogP contribution in [0.4, 0.5) is 4.39 Å². The van der Waals surface area contributed by atoms with Crippen molar-refractivity contribution in [2.45, 2.75) is 38.9 Å². The fourth-order valence-electron chi connectivity index (χ4n) is 2.19. The van der Waals surface area contributed by atoms with E-state index in [1.807, 2.05) is 20.0 Å². The lowest BCUT2D eigenvalue weighted by Gasteiger charge is -2.38. The number of benzene rings is 1. The molecule has 0 fully saturated rings. The molecule has 0 saturated heterocycles. The SMILES string of the molecule is Bc1c(F)ccc2c1ccn2[Si](C)(C)C(C)(C)C. The summed E-state index contributed by atoms with van der Waals surface area (Å²) < 4.78 is 16.0. The standard InChI is InChI=1S/C14H21BFNSi/c1-14(2,3)18(4,5)17-9-8-10-12(17)7-6-11(16)13(10)15/h6-9H,15H2,1-5H3. The molecular formula is C14H21BFNSi. The molecule has 0 aliphatic heterocycles. The zero-order valence-corrected chi connectivity index (χ0v) is 13.1. The second-order valence-corrected chi connectivity index (χ2v) is 11.7. The quantitative estimate of drug-likeness (QED) is 0.696. The highest BCUT2D eigenvalue weighted by molar-refractivity contribution is 6.79. The highest BCUT2D eigenvalue weighted by Gasteiger charge is 2.38. The molecule has 1 nitrogen and oxygen atoms in total. The first-order valence-corrected chi connectivity index (χ1v) is 9.37. The smallest absolute Gasteiger partial charge is 0.161 e. The summed E-state index contributed by atoms with van der Waals surface area (Å²) in [4.78, 5) is 0. The van der Waals surface area contributed by atoms with Gasteiger partial charge < -0.3 is 4.23 Å². The van der Waals surface area contributed by atoms with Gasteiger partial charge in [0.1, 0.15) is 13.7 Å². The van der Waals surface area contributed by atoms with Crippen molar-refractivity contribution in [1.82, 2.24) is 4.23 Å². The van der Waals surface area contributed by atoms with Crippen LogP contribution >= 0.6 is 0 Å². The summed E-state index contributed by atoms with van der Waals surface area (Å²) in [5.74, 6) is -0.115. The molecular weight excluding hydrogens is 240 g/mol. The fourth-order valence-corrected chi connectivity index (χ4v) is 4.15. The molecule has 0 aliphatic carbocycles. The molecule has 0 atom stereocenters. The number of rotatable bonds is 1. The molecule has 1 aromatic heterocycles. The third-order valence-electron chi connectivity index (χ3n) is 4.51. The van der Waals surface area contributed by atoms with Crippen molar-refractivity contribution < 1.29 is 4.39 Å². The van der Waals surface area contributed by atoms with Gasteiger partial charge in [0, 0.05) is 5.52 Å². The summed E-state index contributed by atoms with van der Waals surface area (Å²) in [5.41, 5.74) is 1.92. The van der Waals surface area contributed by atoms with E-state index >= 15 is 0 Å². The molecule has 0 unspecified atom stereocenters. The predicted molar refractivity (Wildman–Crippen MR) is 82.7 cm³/mol. The lowest BCUT2D eigenvalue weighted by Crippen LogP contribution is -2.44. The summed E-state index contributed by atoms with van der Waals surface area (Å²) >= 11 is 0. The van der Waals surface area contributed by atoms with Gasteiger partial charge in [-0.15, -0.1) is 0 Å². The van der Waals surface area contributed by atoms with Crippen molar-refractivity contribution >= 4 is 32.4 Å². The molecule has 0 aliphatic rings. The number of aromatic nitrogens is 1. The Labute approximate surface area is 111 Å². The molecule has 0 amide bonds. The maximum absolute atomic E-state index is 13.6. The minimum Gasteiger partial charge on any atom is -0.374 e. The second kappa shape index (κ2) is 3.99. The van der Waals surface area contributed by atoms with Gasteiger partial charge in [0.05, 0.1) is 0 Å². The summed E-state index contributed by atoms with van der Waals surface area (Å²) in [6, 6.07) is 5.55. The molecule has 4 heteroatoms. The van der Waals surface area contributed by atoms with Crippen LogP contribution in [0.15, 0.2) is 24.4 Å². The summed E-state index contributed by atoms with van der Waals surface area (Å²) in [7, 11) is 0.215. The Morgan fingerprint density at radius 1 is 1.17 bits per heavy atom. The topological polar surface area (TPSA) is 4.93 Å².